The molecule has 14 nitrogen and oxygen atoms in total. The molecule has 4 saturated heterocycles. The number of piperazine rings is 1. The van der Waals surface area contributed by atoms with Crippen LogP contribution in [0.2, 0.25) is 0 Å². The number of hydrogen-bond donors (Lipinski definition) is 2. The maximum atomic E-state index is 11.6. The van der Waals surface area contributed by atoms with E-state index >= 15 is 0 Å². The molecule has 4 aliphatic heterocycles. The van der Waals surface area contributed by atoms with Crippen LogP contribution in [0.5, 0.6) is 0 Å². The van der Waals surface area contributed by atoms with Crippen LogP contribution in [-0.2, 0) is 37.3 Å². The number of carbonyl (C=O) groups is 4. The van der Waals surface area contributed by atoms with Crippen LogP contribution in [0.1, 0.15) is 0 Å². The average Bonchev–Trinajstić information content (AvgIpc) is 3.20. The third-order valence-electron chi connectivity index (χ3n) is 3.56. The van der Waals surface area contributed by atoms with E-state index in [1.54, 1.807) is 0 Å². The fourth-order valence-corrected chi connectivity index (χ4v) is 8.82. The molecule has 0 aliphatic carbocycles. The molecule has 0 saturated carbocycles. The van der Waals surface area contributed by atoms with Crippen molar-refractivity contribution in [3.8, 4) is 0 Å². The first-order chi connectivity index (χ1) is 13.4. The van der Waals surface area contributed by atoms with E-state index in [9.17, 15) is 29.4 Å². The Hall–Kier alpha value is -0.724. The van der Waals surface area contributed by atoms with E-state index in [2.05, 4.69) is 10.6 Å². The molecular formula is C12H14N2O12Sb2-2. The Balaban J connectivity index is 0.000000320. The Kier molecular flexibility index (Phi) is 7.73. The summed E-state index contributed by atoms with van der Waals surface area (Å²) >= 11 is -7.72. The summed E-state index contributed by atoms with van der Waals surface area (Å²) in [5.74, 6) is -5.76. The Morgan fingerprint density at radius 2 is 1.11 bits per heavy atom. The summed E-state index contributed by atoms with van der Waals surface area (Å²) < 4.78 is 29.4. The van der Waals surface area contributed by atoms with Crippen molar-refractivity contribution < 1.29 is 47.5 Å². The van der Waals surface area contributed by atoms with Crippen LogP contribution in [0.3, 0.4) is 0 Å². The first-order valence-electron chi connectivity index (χ1n) is 7.91. The van der Waals surface area contributed by atoms with Gasteiger partial charge < -0.3 is 10.6 Å². The average molecular weight is 622 g/mol. The van der Waals surface area contributed by atoms with Gasteiger partial charge >= 0.3 is 139 Å². The minimum absolute atomic E-state index is 1.08. The van der Waals surface area contributed by atoms with Crippen LogP contribution in [0.15, 0.2) is 0 Å². The van der Waals surface area contributed by atoms with Crippen LogP contribution >= 0.6 is 0 Å². The Morgan fingerprint density at radius 3 is 1.39 bits per heavy atom. The molecular weight excluding hydrogens is 608 g/mol. The molecule has 2 N–H and O–H groups in total. The molecule has 4 rings (SSSR count). The van der Waals surface area contributed by atoms with E-state index in [1.807, 2.05) is 0 Å². The van der Waals surface area contributed by atoms with Crippen molar-refractivity contribution in [1.82, 2.24) is 10.6 Å². The van der Waals surface area contributed by atoms with Gasteiger partial charge in [0.25, 0.3) is 0 Å². The van der Waals surface area contributed by atoms with Crippen molar-refractivity contribution in [2.75, 3.05) is 26.2 Å². The fraction of sp³-hybridized carbons (Fsp3) is 0.667. The fourth-order valence-electron chi connectivity index (χ4n) is 2.25. The molecule has 0 spiro atoms. The second-order valence-electron chi connectivity index (χ2n) is 5.51. The molecule has 28 heavy (non-hydrogen) atoms. The van der Waals surface area contributed by atoms with Crippen LogP contribution in [0.4, 0.5) is 0 Å². The van der Waals surface area contributed by atoms with Crippen LogP contribution in [0, 0.1) is 0 Å². The second kappa shape index (κ2) is 9.85. The molecule has 0 amide bonds. The molecule has 4 atom stereocenters. The summed E-state index contributed by atoms with van der Waals surface area (Å²) in [6.45, 7) is 4.56. The van der Waals surface area contributed by atoms with Crippen LogP contribution in [-0.4, -0.2) is 117 Å². The van der Waals surface area contributed by atoms with Crippen LogP contribution < -0.4 is 20.8 Å². The molecule has 0 aromatic heterocycles. The molecule has 4 aliphatic rings. The number of fused-ring (bicyclic) bond motifs is 4. The number of aliphatic carboxylic acids is 2. The molecule has 4 fully saturated rings. The van der Waals surface area contributed by atoms with Gasteiger partial charge in [-0.2, -0.15) is 0 Å². The van der Waals surface area contributed by atoms with Crippen molar-refractivity contribution in [2.24, 2.45) is 0 Å². The van der Waals surface area contributed by atoms with Gasteiger partial charge in [-0.15, -0.1) is 0 Å². The van der Waals surface area contributed by atoms with Gasteiger partial charge in [0.2, 0.25) is 0 Å². The van der Waals surface area contributed by atoms with E-state index in [1.165, 1.54) is 0 Å². The molecule has 0 radical (unpaired) electrons. The van der Waals surface area contributed by atoms with Crippen LogP contribution in [0.25, 0.3) is 0 Å². The maximum absolute atomic E-state index is 11.6. The second-order valence-corrected chi connectivity index (χ2v) is 11.5. The molecule has 4 heterocycles. The topological polar surface area (TPSA) is 194 Å². The summed E-state index contributed by atoms with van der Waals surface area (Å²) in [6.07, 6.45) is -7.20. The summed E-state index contributed by atoms with van der Waals surface area (Å²) in [6, 6.07) is 0. The molecule has 0 aromatic rings. The van der Waals surface area contributed by atoms with Crippen molar-refractivity contribution >= 4 is 66.8 Å². The zero-order valence-corrected chi connectivity index (χ0v) is 19.0. The molecule has 4 bridgehead atoms. The van der Waals surface area contributed by atoms with Gasteiger partial charge in [-0.1, -0.05) is 0 Å². The van der Waals surface area contributed by atoms with Gasteiger partial charge in [-0.3, -0.25) is 0 Å². The molecule has 0 aromatic carbocycles. The summed E-state index contributed by atoms with van der Waals surface area (Å²) in [7, 11) is 0. The first kappa shape index (κ1) is 22.0. The molecule has 156 valence electrons. The number of carboxylic acids is 2. The predicted molar refractivity (Wildman–Crippen MR) is 78.9 cm³/mol. The SMILES string of the molecule is C1CNCCN1.O=C([O-])C1[O][Sb]2[O]C(=O)C([O]2)C(C(=O)[O-])[O][Sb]2[O]C(=O)C1[O]2. The van der Waals surface area contributed by atoms with Crippen molar-refractivity contribution in [2.45, 2.75) is 24.4 Å². The van der Waals surface area contributed by atoms with E-state index in [0.717, 1.165) is 26.2 Å². The Labute approximate surface area is 175 Å². The van der Waals surface area contributed by atoms with Crippen molar-refractivity contribution in [1.29, 1.82) is 0 Å². The van der Waals surface area contributed by atoms with Gasteiger partial charge in [0.1, 0.15) is 0 Å². The third kappa shape index (κ3) is 5.25. The summed E-state index contributed by atoms with van der Waals surface area (Å²) in [5.41, 5.74) is 0. The minimum atomic E-state index is -3.86. The molecule has 4 unspecified atom stereocenters. The van der Waals surface area contributed by atoms with Gasteiger partial charge in [0.15, 0.2) is 0 Å². The standard InChI is InChI=1S/C4H10N2.2C4H4O6.2Sb/c1-2-6-4-3-5-1;2*5-1(3(7)8)2(6)4(9)10;;/h5-6H,1-4H2;2*1-2H,(H,7,8)(H,9,10);;/q;2*-2;2*+3/p-4. The normalized spacial score (nSPS) is 33.3. The monoisotopic (exact) mass is 620 g/mol. The Morgan fingerprint density at radius 1 is 0.750 bits per heavy atom. The van der Waals surface area contributed by atoms with Crippen molar-refractivity contribution in [3.05, 3.63) is 0 Å². The quantitative estimate of drug-likeness (QED) is 0.276. The van der Waals surface area contributed by atoms with Gasteiger partial charge in [0, 0.05) is 26.2 Å². The number of nitrogens with one attached hydrogen (secondary N) is 2. The van der Waals surface area contributed by atoms with E-state index in [0.29, 0.717) is 0 Å². The van der Waals surface area contributed by atoms with E-state index in [-0.39, 0.29) is 0 Å². The number of carbonyl (C=O) groups excluding carboxylic acids is 4. The Bertz CT molecular complexity index is 587. The molecule has 16 heteroatoms. The summed E-state index contributed by atoms with van der Waals surface area (Å²) in [4.78, 5) is 45.3. The summed E-state index contributed by atoms with van der Waals surface area (Å²) in [5, 5.41) is 28.6. The number of carboxylic acid groups (broad SMARTS) is 2. The van der Waals surface area contributed by atoms with Gasteiger partial charge in [-0.05, 0) is 0 Å². The van der Waals surface area contributed by atoms with E-state index in [4.69, 9.17) is 18.1 Å². The predicted octanol–water partition coefficient (Wildman–Crippen LogP) is -6.70. The first-order valence-corrected chi connectivity index (χ1v) is 14.2. The third-order valence-corrected chi connectivity index (χ3v) is 10.00. The van der Waals surface area contributed by atoms with Crippen molar-refractivity contribution in [3.63, 3.8) is 0 Å². The van der Waals surface area contributed by atoms with Gasteiger partial charge in [-0.25, -0.2) is 0 Å². The van der Waals surface area contributed by atoms with E-state index < -0.39 is 91.2 Å². The number of hydrogen-bond acceptors (Lipinski definition) is 14. The number of rotatable bonds is 2. The zero-order chi connectivity index (χ0) is 20.3. The van der Waals surface area contributed by atoms with Gasteiger partial charge in [0.05, 0.1) is 0 Å². The zero-order valence-electron chi connectivity index (χ0n) is 13.9.